The molecule has 1 unspecified atom stereocenters. The highest BCUT2D eigenvalue weighted by Crippen LogP contribution is 2.17. The molecule has 0 radical (unpaired) electrons. The van der Waals surface area contributed by atoms with Crippen molar-refractivity contribution in [3.8, 4) is 0 Å². The Labute approximate surface area is 116 Å². The van der Waals surface area contributed by atoms with Crippen molar-refractivity contribution in [1.82, 2.24) is 0 Å². The number of benzene rings is 2. The van der Waals surface area contributed by atoms with Crippen LogP contribution in [0, 0.1) is 0 Å². The van der Waals surface area contributed by atoms with E-state index in [4.69, 9.17) is 0 Å². The van der Waals surface area contributed by atoms with E-state index in [9.17, 15) is 4.79 Å². The van der Waals surface area contributed by atoms with E-state index >= 15 is 0 Å². The molecule has 0 heterocycles. The molecule has 0 aromatic heterocycles. The molecule has 0 N–H and O–H groups in total. The zero-order chi connectivity index (χ0) is 13.5. The molecule has 0 bridgehead atoms. The number of Topliss-reactive ketones (excluding diaryl/α,β-unsaturated/α-hetero) is 1. The minimum Gasteiger partial charge on any atom is -0.300 e. The van der Waals surface area contributed by atoms with Crippen molar-refractivity contribution in [2.24, 2.45) is 0 Å². The quantitative estimate of drug-likeness (QED) is 0.720. The van der Waals surface area contributed by atoms with Crippen molar-refractivity contribution >= 4 is 13.6 Å². The lowest BCUT2D eigenvalue weighted by atomic mass is 9.77. The van der Waals surface area contributed by atoms with Gasteiger partial charge in [-0.15, -0.1) is 0 Å². The van der Waals surface area contributed by atoms with Gasteiger partial charge in [0.1, 0.15) is 13.6 Å². The maximum Gasteiger partial charge on any atom is 0.133 e. The van der Waals surface area contributed by atoms with Crippen LogP contribution in [0.25, 0.3) is 0 Å². The monoisotopic (exact) mass is 250 g/mol. The topological polar surface area (TPSA) is 17.1 Å². The van der Waals surface area contributed by atoms with Crippen LogP contribution >= 0.6 is 0 Å². The van der Waals surface area contributed by atoms with Crippen molar-refractivity contribution in [2.45, 2.75) is 25.1 Å². The summed E-state index contributed by atoms with van der Waals surface area (Å²) >= 11 is 0. The largest absolute Gasteiger partial charge is 0.300 e. The molecule has 0 amide bonds. The van der Waals surface area contributed by atoms with Crippen LogP contribution in [0.1, 0.15) is 29.8 Å². The second-order valence-electron chi connectivity index (χ2n) is 5.04. The Morgan fingerprint density at radius 2 is 1.53 bits per heavy atom. The van der Waals surface area contributed by atoms with Gasteiger partial charge in [0, 0.05) is 12.8 Å². The molecule has 0 aliphatic heterocycles. The van der Waals surface area contributed by atoms with E-state index in [0.29, 0.717) is 24.4 Å². The predicted octanol–water partition coefficient (Wildman–Crippen LogP) is 2.95. The first-order valence-corrected chi connectivity index (χ1v) is 6.86. The summed E-state index contributed by atoms with van der Waals surface area (Å²) in [5, 5.41) is 0. The molecule has 0 spiro atoms. The van der Waals surface area contributed by atoms with Crippen molar-refractivity contribution in [1.29, 1.82) is 0 Å². The van der Waals surface area contributed by atoms with Crippen LogP contribution in [0.15, 0.2) is 60.7 Å². The Morgan fingerprint density at radius 3 is 2.16 bits per heavy atom. The SMILES string of the molecule is BC(CC(=O)CCc1ccccc1)c1ccccc1. The highest BCUT2D eigenvalue weighted by molar-refractivity contribution is 6.14. The van der Waals surface area contributed by atoms with Gasteiger partial charge in [-0.2, -0.15) is 0 Å². The van der Waals surface area contributed by atoms with Gasteiger partial charge in [-0.05, 0) is 17.8 Å². The smallest absolute Gasteiger partial charge is 0.133 e. The summed E-state index contributed by atoms with van der Waals surface area (Å²) in [7, 11) is 2.12. The fraction of sp³-hybridized carbons (Fsp3) is 0.235. The normalized spacial score (nSPS) is 12.0. The van der Waals surface area contributed by atoms with Crippen molar-refractivity contribution in [3.05, 3.63) is 71.8 Å². The van der Waals surface area contributed by atoms with Crippen LogP contribution in [0.4, 0.5) is 0 Å². The molecular formula is C17H19BO. The molecule has 1 atom stereocenters. The zero-order valence-corrected chi connectivity index (χ0v) is 11.4. The summed E-state index contributed by atoms with van der Waals surface area (Å²) in [6.45, 7) is 0. The third-order valence-electron chi connectivity index (χ3n) is 3.44. The molecule has 0 aliphatic rings. The maximum absolute atomic E-state index is 12.0. The van der Waals surface area contributed by atoms with Crippen molar-refractivity contribution in [3.63, 3.8) is 0 Å². The van der Waals surface area contributed by atoms with E-state index in [1.165, 1.54) is 11.1 Å². The van der Waals surface area contributed by atoms with Crippen LogP contribution in [0.3, 0.4) is 0 Å². The summed E-state index contributed by atoms with van der Waals surface area (Å²) in [4.78, 5) is 12.0. The second kappa shape index (κ2) is 6.94. The van der Waals surface area contributed by atoms with Crippen LogP contribution < -0.4 is 0 Å². The minimum absolute atomic E-state index is 0.310. The zero-order valence-electron chi connectivity index (χ0n) is 11.4. The number of aryl methyl sites for hydroxylation is 1. The Hall–Kier alpha value is -1.83. The third-order valence-corrected chi connectivity index (χ3v) is 3.44. The Morgan fingerprint density at radius 1 is 0.947 bits per heavy atom. The first-order valence-electron chi connectivity index (χ1n) is 6.86. The van der Waals surface area contributed by atoms with Crippen LogP contribution in [-0.2, 0) is 11.2 Å². The number of hydrogen-bond donors (Lipinski definition) is 0. The number of carbonyl (C=O) groups is 1. The van der Waals surface area contributed by atoms with E-state index in [-0.39, 0.29) is 0 Å². The number of carbonyl (C=O) groups excluding carboxylic acids is 1. The molecular weight excluding hydrogens is 231 g/mol. The molecule has 0 fully saturated rings. The van der Waals surface area contributed by atoms with Gasteiger partial charge < -0.3 is 0 Å². The van der Waals surface area contributed by atoms with Gasteiger partial charge >= 0.3 is 0 Å². The van der Waals surface area contributed by atoms with Crippen LogP contribution in [-0.4, -0.2) is 13.6 Å². The maximum atomic E-state index is 12.0. The molecule has 0 saturated heterocycles. The van der Waals surface area contributed by atoms with Gasteiger partial charge in [0.25, 0.3) is 0 Å². The summed E-state index contributed by atoms with van der Waals surface area (Å²) in [6, 6.07) is 20.4. The highest BCUT2D eigenvalue weighted by Gasteiger charge is 2.10. The first-order chi connectivity index (χ1) is 9.25. The summed E-state index contributed by atoms with van der Waals surface area (Å²) < 4.78 is 0. The molecule has 2 aromatic carbocycles. The number of ketones is 1. The fourth-order valence-electron chi connectivity index (χ4n) is 2.27. The van der Waals surface area contributed by atoms with Gasteiger partial charge in [-0.3, -0.25) is 4.79 Å². The third kappa shape index (κ3) is 4.40. The van der Waals surface area contributed by atoms with Gasteiger partial charge in [0.15, 0.2) is 0 Å². The molecule has 19 heavy (non-hydrogen) atoms. The molecule has 2 aromatic rings. The predicted molar refractivity (Wildman–Crippen MR) is 82.1 cm³/mol. The molecule has 2 rings (SSSR count). The van der Waals surface area contributed by atoms with E-state index in [2.05, 4.69) is 32.1 Å². The highest BCUT2D eigenvalue weighted by atomic mass is 16.1. The average molecular weight is 250 g/mol. The van der Waals surface area contributed by atoms with Gasteiger partial charge in [-0.25, -0.2) is 0 Å². The minimum atomic E-state index is 0.310. The lowest BCUT2D eigenvalue weighted by molar-refractivity contribution is -0.119. The fourth-order valence-corrected chi connectivity index (χ4v) is 2.27. The van der Waals surface area contributed by atoms with Crippen molar-refractivity contribution < 1.29 is 4.79 Å². The molecule has 1 nitrogen and oxygen atoms in total. The average Bonchev–Trinajstić information content (AvgIpc) is 2.47. The lowest BCUT2D eigenvalue weighted by Crippen LogP contribution is -2.08. The summed E-state index contributed by atoms with van der Waals surface area (Å²) in [5.74, 6) is 0.657. The Kier molecular flexibility index (Phi) is 4.97. The van der Waals surface area contributed by atoms with Crippen molar-refractivity contribution in [2.75, 3.05) is 0 Å². The lowest BCUT2D eigenvalue weighted by Gasteiger charge is -2.10. The molecule has 0 saturated carbocycles. The van der Waals surface area contributed by atoms with E-state index in [1.807, 2.05) is 36.4 Å². The number of hydrogen-bond acceptors (Lipinski definition) is 1. The molecule has 0 aliphatic carbocycles. The first kappa shape index (κ1) is 13.6. The summed E-state index contributed by atoms with van der Waals surface area (Å²) in [6.07, 6.45) is 2.12. The molecule has 2 heteroatoms. The van der Waals surface area contributed by atoms with E-state index in [1.54, 1.807) is 0 Å². The second-order valence-corrected chi connectivity index (χ2v) is 5.04. The van der Waals surface area contributed by atoms with Crippen LogP contribution in [0.2, 0.25) is 0 Å². The van der Waals surface area contributed by atoms with Gasteiger partial charge in [0.2, 0.25) is 0 Å². The molecule has 96 valence electrons. The Bertz CT molecular complexity index is 507. The number of rotatable bonds is 6. The van der Waals surface area contributed by atoms with E-state index in [0.717, 1.165) is 6.42 Å². The Balaban J connectivity index is 1.82. The summed E-state index contributed by atoms with van der Waals surface area (Å²) in [5.41, 5.74) is 2.48. The van der Waals surface area contributed by atoms with Crippen LogP contribution in [0.5, 0.6) is 0 Å². The van der Waals surface area contributed by atoms with Gasteiger partial charge in [-0.1, -0.05) is 66.2 Å². The van der Waals surface area contributed by atoms with Gasteiger partial charge in [0.05, 0.1) is 0 Å². The standard InChI is InChI=1S/C17H19BO/c18-17(15-9-5-2-6-10-15)13-16(19)12-11-14-7-3-1-4-8-14/h1-10,17H,11-13,18H2. The van der Waals surface area contributed by atoms with E-state index < -0.39 is 0 Å².